The summed E-state index contributed by atoms with van der Waals surface area (Å²) in [6.45, 7) is 0. The van der Waals surface area contributed by atoms with E-state index < -0.39 is 0 Å². The number of hydrogen-bond donors (Lipinski definition) is 0. The summed E-state index contributed by atoms with van der Waals surface area (Å²) in [6.07, 6.45) is 5.27. The Labute approximate surface area is 116 Å². The molecule has 0 aliphatic heterocycles. The maximum absolute atomic E-state index is 4.96. The number of nitrogens with zero attached hydrogens (tertiary/aromatic N) is 3. The largest absolute Gasteiger partial charge is 0.399 e. The molecule has 3 rings (SSSR count). The van der Waals surface area contributed by atoms with Crippen molar-refractivity contribution in [3.63, 3.8) is 0 Å². The quantitative estimate of drug-likeness (QED) is 0.539. The summed E-state index contributed by atoms with van der Waals surface area (Å²) >= 11 is 0. The average molecular weight is 263 g/mol. The van der Waals surface area contributed by atoms with Gasteiger partial charge in [-0.25, -0.2) is 0 Å². The summed E-state index contributed by atoms with van der Waals surface area (Å²) in [4.78, 5) is 13.4. The molecule has 4 heteroatoms. The lowest BCUT2D eigenvalue weighted by Crippen LogP contribution is -2.04. The van der Waals surface area contributed by atoms with Gasteiger partial charge in [-0.1, -0.05) is 23.4 Å². The molecule has 2 heterocycles. The minimum absolute atomic E-state index is 0.744. The van der Waals surface area contributed by atoms with Crippen molar-refractivity contribution in [3.8, 4) is 0 Å². The van der Waals surface area contributed by atoms with Gasteiger partial charge in [0.05, 0.1) is 5.52 Å². The predicted molar refractivity (Wildman–Crippen MR) is 78.6 cm³/mol. The molecule has 20 heavy (non-hydrogen) atoms. The highest BCUT2D eigenvalue weighted by molar-refractivity contribution is 6.13. The molecule has 1 aromatic carbocycles. The van der Waals surface area contributed by atoms with Gasteiger partial charge in [-0.3, -0.25) is 9.97 Å². The van der Waals surface area contributed by atoms with Crippen LogP contribution in [0.2, 0.25) is 0 Å². The SMILES string of the molecule is CON=C(c1ccncc1)c1cnc2ccccc2c1. The van der Waals surface area contributed by atoms with E-state index in [1.807, 2.05) is 36.4 Å². The summed E-state index contributed by atoms with van der Waals surface area (Å²) < 4.78 is 0. The fraction of sp³-hybridized carbons (Fsp3) is 0.0625. The van der Waals surface area contributed by atoms with E-state index in [0.717, 1.165) is 27.7 Å². The first kappa shape index (κ1) is 12.3. The number of oxime groups is 1. The van der Waals surface area contributed by atoms with E-state index in [0.29, 0.717) is 0 Å². The molecule has 0 aliphatic carbocycles. The molecule has 0 fully saturated rings. The highest BCUT2D eigenvalue weighted by atomic mass is 16.6. The molecule has 0 bridgehead atoms. The molecule has 3 aromatic rings. The summed E-state index contributed by atoms with van der Waals surface area (Å²) in [5.41, 5.74) is 3.56. The van der Waals surface area contributed by atoms with E-state index in [2.05, 4.69) is 21.2 Å². The van der Waals surface area contributed by atoms with Gasteiger partial charge in [0.15, 0.2) is 0 Å². The summed E-state index contributed by atoms with van der Waals surface area (Å²) in [7, 11) is 1.54. The first-order chi connectivity index (χ1) is 9.88. The summed E-state index contributed by atoms with van der Waals surface area (Å²) in [5, 5.41) is 5.19. The second-order valence-corrected chi connectivity index (χ2v) is 4.28. The number of benzene rings is 1. The Morgan fingerprint density at radius 3 is 2.65 bits per heavy atom. The third-order valence-corrected chi connectivity index (χ3v) is 3.00. The summed E-state index contributed by atoms with van der Waals surface area (Å²) in [6, 6.07) is 13.8. The van der Waals surface area contributed by atoms with E-state index in [-0.39, 0.29) is 0 Å². The van der Waals surface area contributed by atoms with Crippen molar-refractivity contribution in [2.75, 3.05) is 7.11 Å². The number of para-hydroxylation sites is 1. The zero-order valence-corrected chi connectivity index (χ0v) is 11.0. The lowest BCUT2D eigenvalue weighted by molar-refractivity contribution is 0.214. The van der Waals surface area contributed by atoms with Crippen LogP contribution in [0.25, 0.3) is 10.9 Å². The maximum atomic E-state index is 4.96. The standard InChI is InChI=1S/C16H13N3O/c1-20-19-16(12-6-8-17-9-7-12)14-10-13-4-2-3-5-15(13)18-11-14/h2-11H,1H3. The Balaban J connectivity index is 2.13. The van der Waals surface area contributed by atoms with Gasteiger partial charge in [-0.05, 0) is 24.3 Å². The van der Waals surface area contributed by atoms with E-state index in [4.69, 9.17) is 4.84 Å². The fourth-order valence-electron chi connectivity index (χ4n) is 2.07. The third kappa shape index (κ3) is 2.36. The highest BCUT2D eigenvalue weighted by Crippen LogP contribution is 2.16. The molecular weight excluding hydrogens is 250 g/mol. The second kappa shape index (κ2) is 5.48. The minimum atomic E-state index is 0.744. The molecule has 0 N–H and O–H groups in total. The van der Waals surface area contributed by atoms with Crippen LogP contribution in [-0.2, 0) is 4.84 Å². The van der Waals surface area contributed by atoms with Gasteiger partial charge in [-0.2, -0.15) is 0 Å². The number of rotatable bonds is 3. The summed E-state index contributed by atoms with van der Waals surface area (Å²) in [5.74, 6) is 0. The third-order valence-electron chi connectivity index (χ3n) is 3.00. The molecule has 0 aliphatic rings. The van der Waals surface area contributed by atoms with Crippen molar-refractivity contribution >= 4 is 16.6 Å². The molecule has 0 saturated heterocycles. The predicted octanol–water partition coefficient (Wildman–Crippen LogP) is 3.03. The minimum Gasteiger partial charge on any atom is -0.399 e. The van der Waals surface area contributed by atoms with Crippen molar-refractivity contribution in [3.05, 3.63) is 72.2 Å². The van der Waals surface area contributed by atoms with Gasteiger partial charge in [0.25, 0.3) is 0 Å². The van der Waals surface area contributed by atoms with E-state index in [1.54, 1.807) is 18.6 Å². The van der Waals surface area contributed by atoms with Gasteiger partial charge in [0.2, 0.25) is 0 Å². The molecule has 0 radical (unpaired) electrons. The van der Waals surface area contributed by atoms with Crippen LogP contribution >= 0.6 is 0 Å². The number of hydrogen-bond acceptors (Lipinski definition) is 4. The van der Waals surface area contributed by atoms with Crippen LogP contribution in [0.3, 0.4) is 0 Å². The molecule has 98 valence electrons. The van der Waals surface area contributed by atoms with Crippen molar-refractivity contribution in [1.29, 1.82) is 0 Å². The molecular formula is C16H13N3O. The van der Waals surface area contributed by atoms with Crippen LogP contribution in [-0.4, -0.2) is 22.8 Å². The van der Waals surface area contributed by atoms with Crippen LogP contribution < -0.4 is 0 Å². The lowest BCUT2D eigenvalue weighted by Gasteiger charge is -2.06. The van der Waals surface area contributed by atoms with E-state index >= 15 is 0 Å². The van der Waals surface area contributed by atoms with Gasteiger partial charge in [0.1, 0.15) is 12.8 Å². The van der Waals surface area contributed by atoms with Crippen LogP contribution in [0.15, 0.2) is 66.2 Å². The van der Waals surface area contributed by atoms with E-state index in [1.165, 1.54) is 7.11 Å². The molecule has 0 unspecified atom stereocenters. The van der Waals surface area contributed by atoms with Gasteiger partial charge in [-0.15, -0.1) is 0 Å². The fourth-order valence-corrected chi connectivity index (χ4v) is 2.07. The highest BCUT2D eigenvalue weighted by Gasteiger charge is 2.09. The first-order valence-corrected chi connectivity index (χ1v) is 6.25. The Bertz CT molecular complexity index is 754. The van der Waals surface area contributed by atoms with Crippen LogP contribution in [0.4, 0.5) is 0 Å². The first-order valence-electron chi connectivity index (χ1n) is 6.25. The van der Waals surface area contributed by atoms with Gasteiger partial charge in [0, 0.05) is 35.1 Å². The van der Waals surface area contributed by atoms with Gasteiger partial charge < -0.3 is 4.84 Å². The lowest BCUT2D eigenvalue weighted by atomic mass is 10.0. The zero-order chi connectivity index (χ0) is 13.8. The van der Waals surface area contributed by atoms with Crippen molar-refractivity contribution in [1.82, 2.24) is 9.97 Å². The number of aromatic nitrogens is 2. The van der Waals surface area contributed by atoms with Crippen molar-refractivity contribution in [2.45, 2.75) is 0 Å². The van der Waals surface area contributed by atoms with Crippen LogP contribution in [0, 0.1) is 0 Å². The second-order valence-electron chi connectivity index (χ2n) is 4.28. The van der Waals surface area contributed by atoms with E-state index in [9.17, 15) is 0 Å². The molecule has 0 saturated carbocycles. The zero-order valence-electron chi connectivity index (χ0n) is 11.0. The molecule has 0 spiro atoms. The monoisotopic (exact) mass is 263 g/mol. The molecule has 0 atom stereocenters. The number of pyridine rings is 2. The normalized spacial score (nSPS) is 11.6. The molecule has 2 aromatic heterocycles. The Morgan fingerprint density at radius 1 is 1.05 bits per heavy atom. The molecule has 0 amide bonds. The van der Waals surface area contributed by atoms with Crippen LogP contribution in [0.5, 0.6) is 0 Å². The smallest absolute Gasteiger partial charge is 0.118 e. The van der Waals surface area contributed by atoms with Crippen molar-refractivity contribution in [2.24, 2.45) is 5.16 Å². The van der Waals surface area contributed by atoms with Crippen molar-refractivity contribution < 1.29 is 4.84 Å². The average Bonchev–Trinajstić information content (AvgIpc) is 2.53. The Kier molecular flexibility index (Phi) is 3.37. The molecule has 4 nitrogen and oxygen atoms in total. The van der Waals surface area contributed by atoms with Gasteiger partial charge >= 0.3 is 0 Å². The Morgan fingerprint density at radius 2 is 1.85 bits per heavy atom. The topological polar surface area (TPSA) is 47.4 Å². The van der Waals surface area contributed by atoms with Crippen LogP contribution in [0.1, 0.15) is 11.1 Å². The Hall–Kier alpha value is -2.75. The number of fused-ring (bicyclic) bond motifs is 1. The maximum Gasteiger partial charge on any atom is 0.118 e.